The van der Waals surface area contributed by atoms with Gasteiger partial charge in [-0.15, -0.1) is 0 Å². The minimum atomic E-state index is 0.105. The van der Waals surface area contributed by atoms with Crippen LogP contribution < -0.4 is 5.73 Å². The van der Waals surface area contributed by atoms with Crippen LogP contribution in [0, 0.1) is 0 Å². The van der Waals surface area contributed by atoms with Gasteiger partial charge in [0.05, 0.1) is 19.8 Å². The van der Waals surface area contributed by atoms with E-state index in [4.69, 9.17) is 19.9 Å². The average molecular weight is 191 g/mol. The van der Waals surface area contributed by atoms with Gasteiger partial charge in [-0.05, 0) is 13.3 Å². The van der Waals surface area contributed by atoms with Gasteiger partial charge < -0.3 is 19.9 Å². The van der Waals surface area contributed by atoms with Gasteiger partial charge in [-0.2, -0.15) is 0 Å². The van der Waals surface area contributed by atoms with Gasteiger partial charge in [-0.25, -0.2) is 0 Å². The average Bonchev–Trinajstić information content (AvgIpc) is 2.09. The van der Waals surface area contributed by atoms with Crippen LogP contribution in [-0.2, 0) is 14.2 Å². The lowest BCUT2D eigenvalue weighted by Crippen LogP contribution is -2.23. The zero-order valence-electron chi connectivity index (χ0n) is 8.62. The van der Waals surface area contributed by atoms with Crippen LogP contribution >= 0.6 is 0 Å². The molecule has 0 bridgehead atoms. The van der Waals surface area contributed by atoms with Crippen molar-refractivity contribution in [2.75, 3.05) is 40.1 Å². The number of nitrogens with two attached hydrogens (primary N) is 1. The number of hydrogen-bond acceptors (Lipinski definition) is 4. The van der Waals surface area contributed by atoms with Crippen LogP contribution in [0.25, 0.3) is 0 Å². The third-order valence-electron chi connectivity index (χ3n) is 1.39. The Labute approximate surface area is 80.3 Å². The molecule has 0 spiro atoms. The molecule has 4 heteroatoms. The molecule has 0 aliphatic carbocycles. The van der Waals surface area contributed by atoms with Crippen LogP contribution in [0.15, 0.2) is 0 Å². The summed E-state index contributed by atoms with van der Waals surface area (Å²) < 4.78 is 15.4. The summed E-state index contributed by atoms with van der Waals surface area (Å²) >= 11 is 0. The second kappa shape index (κ2) is 9.92. The minimum absolute atomic E-state index is 0.105. The fourth-order valence-electron chi connectivity index (χ4n) is 0.794. The first-order valence-corrected chi connectivity index (χ1v) is 4.67. The fourth-order valence-corrected chi connectivity index (χ4v) is 0.794. The molecule has 0 aromatic rings. The highest BCUT2D eigenvalue weighted by Crippen LogP contribution is 1.85. The van der Waals surface area contributed by atoms with E-state index in [9.17, 15) is 0 Å². The third kappa shape index (κ3) is 11.8. The van der Waals surface area contributed by atoms with Gasteiger partial charge in [0.2, 0.25) is 0 Å². The first-order valence-electron chi connectivity index (χ1n) is 4.67. The Morgan fingerprint density at radius 2 is 1.77 bits per heavy atom. The summed E-state index contributed by atoms with van der Waals surface area (Å²) in [5, 5.41) is 0. The highest BCUT2D eigenvalue weighted by Gasteiger charge is 1.93. The molecule has 0 saturated heterocycles. The van der Waals surface area contributed by atoms with E-state index < -0.39 is 0 Å². The summed E-state index contributed by atoms with van der Waals surface area (Å²) in [6.07, 6.45) is 0.934. The number of hydrogen-bond donors (Lipinski definition) is 1. The maximum Gasteiger partial charge on any atom is 0.0701 e. The van der Waals surface area contributed by atoms with E-state index >= 15 is 0 Å². The van der Waals surface area contributed by atoms with Gasteiger partial charge in [-0.3, -0.25) is 0 Å². The van der Waals surface area contributed by atoms with E-state index in [2.05, 4.69) is 0 Å². The van der Waals surface area contributed by atoms with E-state index in [0.29, 0.717) is 19.8 Å². The van der Waals surface area contributed by atoms with Crippen LogP contribution in [0.3, 0.4) is 0 Å². The molecule has 0 fully saturated rings. The van der Waals surface area contributed by atoms with Crippen molar-refractivity contribution >= 4 is 0 Å². The van der Waals surface area contributed by atoms with E-state index in [0.717, 1.165) is 19.6 Å². The smallest absolute Gasteiger partial charge is 0.0701 e. The van der Waals surface area contributed by atoms with Crippen molar-refractivity contribution < 1.29 is 14.2 Å². The predicted molar refractivity (Wildman–Crippen MR) is 51.8 cm³/mol. The lowest BCUT2D eigenvalue weighted by molar-refractivity contribution is 0.0368. The van der Waals surface area contributed by atoms with Crippen molar-refractivity contribution in [1.82, 2.24) is 0 Å². The summed E-state index contributed by atoms with van der Waals surface area (Å²) in [4.78, 5) is 0. The Morgan fingerprint density at radius 3 is 2.38 bits per heavy atom. The highest BCUT2D eigenvalue weighted by molar-refractivity contribution is 4.47. The molecule has 4 nitrogen and oxygen atoms in total. The molecular weight excluding hydrogens is 170 g/mol. The fraction of sp³-hybridized carbons (Fsp3) is 1.00. The zero-order chi connectivity index (χ0) is 9.94. The molecule has 0 rings (SSSR count). The van der Waals surface area contributed by atoms with Gasteiger partial charge in [-0.1, -0.05) is 0 Å². The highest BCUT2D eigenvalue weighted by atomic mass is 16.5. The lowest BCUT2D eigenvalue weighted by atomic mass is 10.4. The van der Waals surface area contributed by atoms with Crippen molar-refractivity contribution in [3.63, 3.8) is 0 Å². The summed E-state index contributed by atoms with van der Waals surface area (Å²) in [6.45, 7) is 5.25. The molecule has 0 saturated carbocycles. The topological polar surface area (TPSA) is 53.7 Å². The Morgan fingerprint density at radius 1 is 1.08 bits per heavy atom. The minimum Gasteiger partial charge on any atom is -0.385 e. The molecule has 2 N–H and O–H groups in total. The summed E-state index contributed by atoms with van der Waals surface area (Å²) in [7, 11) is 1.69. The van der Waals surface area contributed by atoms with Crippen LogP contribution in [-0.4, -0.2) is 46.2 Å². The maximum absolute atomic E-state index is 5.49. The van der Waals surface area contributed by atoms with Crippen molar-refractivity contribution in [2.45, 2.75) is 19.4 Å². The SMILES string of the molecule is COCCCOCCOCC(C)N. The molecule has 1 atom stereocenters. The molecule has 0 aliphatic heterocycles. The zero-order valence-corrected chi connectivity index (χ0v) is 8.62. The summed E-state index contributed by atoms with van der Waals surface area (Å²) in [5.74, 6) is 0. The Hall–Kier alpha value is -0.160. The van der Waals surface area contributed by atoms with Crippen LogP contribution in [0.1, 0.15) is 13.3 Å². The Bertz CT molecular complexity index is 98.9. The van der Waals surface area contributed by atoms with Crippen LogP contribution in [0.2, 0.25) is 0 Å². The molecule has 0 heterocycles. The molecule has 0 aromatic heterocycles. The molecule has 0 aliphatic rings. The summed E-state index contributed by atoms with van der Waals surface area (Å²) in [6, 6.07) is 0.105. The largest absolute Gasteiger partial charge is 0.385 e. The van der Waals surface area contributed by atoms with Crippen LogP contribution in [0.4, 0.5) is 0 Å². The Kier molecular flexibility index (Phi) is 9.80. The second-order valence-electron chi connectivity index (χ2n) is 3.01. The molecule has 80 valence electrons. The van der Waals surface area contributed by atoms with E-state index in [-0.39, 0.29) is 6.04 Å². The van der Waals surface area contributed by atoms with Crippen molar-refractivity contribution in [3.8, 4) is 0 Å². The van der Waals surface area contributed by atoms with Crippen molar-refractivity contribution in [2.24, 2.45) is 5.73 Å². The number of rotatable bonds is 9. The van der Waals surface area contributed by atoms with Crippen molar-refractivity contribution in [3.05, 3.63) is 0 Å². The molecule has 0 aromatic carbocycles. The predicted octanol–water partition coefficient (Wildman–Crippen LogP) is 0.403. The molecule has 0 amide bonds. The molecule has 0 radical (unpaired) electrons. The van der Waals surface area contributed by atoms with Gasteiger partial charge in [0.15, 0.2) is 0 Å². The van der Waals surface area contributed by atoms with E-state index in [1.165, 1.54) is 0 Å². The van der Waals surface area contributed by atoms with Crippen LogP contribution in [0.5, 0.6) is 0 Å². The third-order valence-corrected chi connectivity index (χ3v) is 1.39. The Balaban J connectivity index is 2.84. The van der Waals surface area contributed by atoms with Gasteiger partial charge in [0.25, 0.3) is 0 Å². The number of ether oxygens (including phenoxy) is 3. The molecular formula is C9H21NO3. The second-order valence-corrected chi connectivity index (χ2v) is 3.01. The molecule has 1 unspecified atom stereocenters. The normalized spacial score (nSPS) is 13.2. The first-order chi connectivity index (χ1) is 6.27. The summed E-state index contributed by atoms with van der Waals surface area (Å²) in [5.41, 5.74) is 5.49. The number of methoxy groups -OCH3 is 1. The van der Waals surface area contributed by atoms with Crippen molar-refractivity contribution in [1.29, 1.82) is 0 Å². The van der Waals surface area contributed by atoms with Gasteiger partial charge in [0.1, 0.15) is 0 Å². The van der Waals surface area contributed by atoms with Gasteiger partial charge in [0, 0.05) is 26.4 Å². The quantitative estimate of drug-likeness (QED) is 0.536. The monoisotopic (exact) mass is 191 g/mol. The lowest BCUT2D eigenvalue weighted by Gasteiger charge is -2.07. The molecule has 13 heavy (non-hydrogen) atoms. The van der Waals surface area contributed by atoms with E-state index in [1.54, 1.807) is 7.11 Å². The van der Waals surface area contributed by atoms with Gasteiger partial charge >= 0.3 is 0 Å². The van der Waals surface area contributed by atoms with E-state index in [1.807, 2.05) is 6.92 Å². The maximum atomic E-state index is 5.49. The standard InChI is InChI=1S/C9H21NO3/c1-9(10)8-13-7-6-12-5-3-4-11-2/h9H,3-8,10H2,1-2H3. The first kappa shape index (κ1) is 12.8.